The van der Waals surface area contributed by atoms with E-state index < -0.39 is 0 Å². The Labute approximate surface area is 117 Å². The average molecular weight is 267 g/mol. The fraction of sp³-hybridized carbons (Fsp3) is 0.933. The molecule has 5 unspecified atom stereocenters. The highest BCUT2D eigenvalue weighted by Gasteiger charge is 2.49. The van der Waals surface area contributed by atoms with Crippen LogP contribution in [-0.2, 0) is 4.79 Å². The summed E-state index contributed by atoms with van der Waals surface area (Å²) in [5.41, 5.74) is 6.22. The highest BCUT2D eigenvalue weighted by molar-refractivity contribution is 5.80. The first kappa shape index (κ1) is 14.8. The number of carbonyl (C=O) groups is 1. The van der Waals surface area contributed by atoms with E-state index in [1.54, 1.807) is 0 Å². The van der Waals surface area contributed by atoms with Crippen molar-refractivity contribution in [2.75, 3.05) is 19.6 Å². The van der Waals surface area contributed by atoms with Gasteiger partial charge in [0.15, 0.2) is 0 Å². The van der Waals surface area contributed by atoms with Gasteiger partial charge in [-0.1, -0.05) is 13.8 Å². The van der Waals surface area contributed by atoms with E-state index in [4.69, 9.17) is 5.73 Å². The highest BCUT2D eigenvalue weighted by atomic mass is 16.2. The van der Waals surface area contributed by atoms with Crippen molar-refractivity contribution in [2.45, 2.75) is 52.1 Å². The van der Waals surface area contributed by atoms with E-state index in [0.717, 1.165) is 19.6 Å². The van der Waals surface area contributed by atoms with Gasteiger partial charge in [0.05, 0.1) is 5.92 Å². The topological polar surface area (TPSA) is 58.4 Å². The van der Waals surface area contributed by atoms with E-state index in [2.05, 4.69) is 31.0 Å². The van der Waals surface area contributed by atoms with Crippen LogP contribution in [0.15, 0.2) is 0 Å². The summed E-state index contributed by atoms with van der Waals surface area (Å²) in [6.07, 6.45) is 3.59. The average Bonchev–Trinajstić information content (AvgIpc) is 2.96. The second kappa shape index (κ2) is 6.23. The molecule has 0 saturated heterocycles. The third kappa shape index (κ3) is 3.11. The number of hydrogen-bond donors (Lipinski definition) is 2. The fourth-order valence-corrected chi connectivity index (χ4v) is 3.98. The Bertz CT molecular complexity index is 315. The number of rotatable bonds is 6. The maximum Gasteiger partial charge on any atom is 0.225 e. The first-order valence-corrected chi connectivity index (χ1v) is 7.85. The van der Waals surface area contributed by atoms with Crippen LogP contribution in [-0.4, -0.2) is 42.5 Å². The smallest absolute Gasteiger partial charge is 0.225 e. The van der Waals surface area contributed by atoms with Gasteiger partial charge in [0.2, 0.25) is 5.91 Å². The van der Waals surface area contributed by atoms with Crippen molar-refractivity contribution in [1.82, 2.24) is 10.2 Å². The summed E-state index contributed by atoms with van der Waals surface area (Å²) in [7, 11) is 0. The molecule has 0 radical (unpaired) electrons. The molecule has 2 rings (SSSR count). The van der Waals surface area contributed by atoms with Gasteiger partial charge >= 0.3 is 0 Å². The molecule has 2 bridgehead atoms. The van der Waals surface area contributed by atoms with Gasteiger partial charge < -0.3 is 16.0 Å². The Morgan fingerprint density at radius 3 is 2.47 bits per heavy atom. The quantitative estimate of drug-likeness (QED) is 0.760. The lowest BCUT2D eigenvalue weighted by molar-refractivity contribution is -0.127. The molecule has 0 spiro atoms. The van der Waals surface area contributed by atoms with Gasteiger partial charge in [0, 0.05) is 18.6 Å². The van der Waals surface area contributed by atoms with Crippen LogP contribution >= 0.6 is 0 Å². The largest absolute Gasteiger partial charge is 0.352 e. The number of fused-ring (bicyclic) bond motifs is 2. The van der Waals surface area contributed by atoms with Crippen LogP contribution in [0.5, 0.6) is 0 Å². The number of nitrogens with zero attached hydrogens (tertiary/aromatic N) is 1. The third-order valence-electron chi connectivity index (χ3n) is 5.10. The molecule has 0 heterocycles. The molecule has 2 aliphatic carbocycles. The zero-order chi connectivity index (χ0) is 14.0. The number of nitrogens with two attached hydrogens (primary N) is 1. The fourth-order valence-electron chi connectivity index (χ4n) is 3.98. The summed E-state index contributed by atoms with van der Waals surface area (Å²) in [6, 6.07) is 0.304. The summed E-state index contributed by atoms with van der Waals surface area (Å²) in [4.78, 5) is 14.7. The molecule has 5 atom stereocenters. The molecule has 0 aromatic heterocycles. The van der Waals surface area contributed by atoms with E-state index in [1.807, 2.05) is 0 Å². The van der Waals surface area contributed by atoms with Gasteiger partial charge in [0.1, 0.15) is 0 Å². The standard InChI is InChI=1S/C15H29N3O/c1-4-18(5-2)9-10(3)17-15(19)13-11-6-7-12(8-11)14(13)16/h10-14H,4-9,16H2,1-3H3,(H,17,19). The van der Waals surface area contributed by atoms with Crippen molar-refractivity contribution in [3.63, 3.8) is 0 Å². The Kier molecular flexibility index (Phi) is 4.85. The SMILES string of the molecule is CCN(CC)CC(C)NC(=O)C1C2CCC(C2)C1N. The molecule has 0 aliphatic heterocycles. The predicted octanol–water partition coefficient (Wildman–Crippen LogP) is 1.21. The lowest BCUT2D eigenvalue weighted by Gasteiger charge is -2.29. The second-order valence-corrected chi connectivity index (χ2v) is 6.33. The Balaban J connectivity index is 1.84. The van der Waals surface area contributed by atoms with Gasteiger partial charge in [0.25, 0.3) is 0 Å². The molecule has 2 saturated carbocycles. The summed E-state index contributed by atoms with van der Waals surface area (Å²) < 4.78 is 0. The number of hydrogen-bond acceptors (Lipinski definition) is 3. The molecule has 4 nitrogen and oxygen atoms in total. The Morgan fingerprint density at radius 1 is 1.32 bits per heavy atom. The molecule has 4 heteroatoms. The minimum absolute atomic E-state index is 0.0675. The van der Waals surface area contributed by atoms with Crippen molar-refractivity contribution in [1.29, 1.82) is 0 Å². The van der Waals surface area contributed by atoms with E-state index in [-0.39, 0.29) is 23.9 Å². The summed E-state index contributed by atoms with van der Waals surface area (Å²) >= 11 is 0. The Morgan fingerprint density at radius 2 is 1.95 bits per heavy atom. The van der Waals surface area contributed by atoms with Crippen LogP contribution in [0.4, 0.5) is 0 Å². The minimum Gasteiger partial charge on any atom is -0.352 e. The minimum atomic E-state index is 0.0675. The normalized spacial score (nSPS) is 34.8. The molecular formula is C15H29N3O. The van der Waals surface area contributed by atoms with E-state index in [9.17, 15) is 4.79 Å². The van der Waals surface area contributed by atoms with Crippen molar-refractivity contribution in [3.8, 4) is 0 Å². The molecule has 1 amide bonds. The molecule has 0 aromatic rings. The zero-order valence-electron chi connectivity index (χ0n) is 12.6. The zero-order valence-corrected chi connectivity index (χ0v) is 12.6. The van der Waals surface area contributed by atoms with Crippen molar-refractivity contribution in [3.05, 3.63) is 0 Å². The number of carbonyl (C=O) groups excluding carboxylic acids is 1. The van der Waals surface area contributed by atoms with Crippen LogP contribution in [0, 0.1) is 17.8 Å². The molecule has 19 heavy (non-hydrogen) atoms. The number of likely N-dealkylation sites (N-methyl/N-ethyl adjacent to an activating group) is 1. The highest BCUT2D eigenvalue weighted by Crippen LogP contribution is 2.47. The molecule has 2 fully saturated rings. The lowest BCUT2D eigenvalue weighted by Crippen LogP contribution is -2.49. The van der Waals surface area contributed by atoms with Crippen molar-refractivity contribution < 1.29 is 4.79 Å². The molecule has 3 N–H and O–H groups in total. The molecular weight excluding hydrogens is 238 g/mol. The van der Waals surface area contributed by atoms with Gasteiger partial charge in [-0.3, -0.25) is 4.79 Å². The van der Waals surface area contributed by atoms with E-state index in [1.165, 1.54) is 19.3 Å². The summed E-state index contributed by atoms with van der Waals surface area (Å²) in [5, 5.41) is 3.18. The third-order valence-corrected chi connectivity index (χ3v) is 5.10. The first-order valence-electron chi connectivity index (χ1n) is 7.85. The van der Waals surface area contributed by atoms with E-state index >= 15 is 0 Å². The predicted molar refractivity (Wildman–Crippen MR) is 77.7 cm³/mol. The van der Waals surface area contributed by atoms with Crippen LogP contribution < -0.4 is 11.1 Å². The van der Waals surface area contributed by atoms with E-state index in [0.29, 0.717) is 11.8 Å². The Hall–Kier alpha value is -0.610. The van der Waals surface area contributed by atoms with Crippen LogP contribution in [0.3, 0.4) is 0 Å². The lowest BCUT2D eigenvalue weighted by atomic mass is 9.84. The summed E-state index contributed by atoms with van der Waals surface area (Å²) in [6.45, 7) is 9.40. The second-order valence-electron chi connectivity index (χ2n) is 6.33. The summed E-state index contributed by atoms with van der Waals surface area (Å²) in [5.74, 6) is 1.40. The maximum absolute atomic E-state index is 12.4. The monoisotopic (exact) mass is 267 g/mol. The number of nitrogens with one attached hydrogen (secondary N) is 1. The van der Waals surface area contributed by atoms with Crippen molar-refractivity contribution >= 4 is 5.91 Å². The van der Waals surface area contributed by atoms with Gasteiger partial charge in [-0.15, -0.1) is 0 Å². The molecule has 110 valence electrons. The van der Waals surface area contributed by atoms with Crippen LogP contribution in [0.1, 0.15) is 40.0 Å². The van der Waals surface area contributed by atoms with Crippen LogP contribution in [0.25, 0.3) is 0 Å². The van der Waals surface area contributed by atoms with Crippen molar-refractivity contribution in [2.24, 2.45) is 23.5 Å². The molecule has 2 aliphatic rings. The maximum atomic E-state index is 12.4. The van der Waals surface area contributed by atoms with Gasteiger partial charge in [-0.05, 0) is 51.1 Å². The van der Waals surface area contributed by atoms with Crippen LogP contribution in [0.2, 0.25) is 0 Å². The molecule has 0 aromatic carbocycles. The van der Waals surface area contributed by atoms with Gasteiger partial charge in [-0.2, -0.15) is 0 Å². The van der Waals surface area contributed by atoms with Gasteiger partial charge in [-0.25, -0.2) is 0 Å². The number of amides is 1. The first-order chi connectivity index (χ1) is 9.06.